The Morgan fingerprint density at radius 3 is 1.67 bits per heavy atom. The lowest BCUT2D eigenvalue weighted by atomic mass is 10.5. The van der Waals surface area contributed by atoms with E-state index in [0.29, 0.717) is 12.5 Å². The molecule has 3 nitrogen and oxygen atoms in total. The third-order valence-electron chi connectivity index (χ3n) is 0.348. The molecule has 0 fully saturated rings. The van der Waals surface area contributed by atoms with E-state index in [1.54, 1.807) is 6.92 Å². The molecular weight excluding hydrogens is 116 g/mol. The molecule has 0 aromatic rings. The minimum atomic E-state index is -0.245. The highest BCUT2D eigenvalue weighted by Gasteiger charge is 1.77. The van der Waals surface area contributed by atoms with Crippen LogP contribution in [0.5, 0.6) is 0 Å². The Morgan fingerprint density at radius 1 is 1.56 bits per heavy atom. The summed E-state index contributed by atoms with van der Waals surface area (Å²) < 4.78 is 0. The van der Waals surface area contributed by atoms with Crippen LogP contribution in [0.3, 0.4) is 0 Å². The van der Waals surface area contributed by atoms with Crippen LogP contribution < -0.4 is 11.5 Å². The van der Waals surface area contributed by atoms with Gasteiger partial charge in [0, 0.05) is 6.42 Å². The van der Waals surface area contributed by atoms with E-state index < -0.39 is 0 Å². The lowest BCUT2D eigenvalue weighted by molar-refractivity contribution is -0.117. The summed E-state index contributed by atoms with van der Waals surface area (Å²) >= 11 is 0. The van der Waals surface area contributed by atoms with Crippen molar-refractivity contribution in [2.75, 3.05) is 0 Å². The van der Waals surface area contributed by atoms with Crippen molar-refractivity contribution in [2.45, 2.75) is 33.2 Å². The third kappa shape index (κ3) is 107. The molecule has 0 aliphatic rings. The zero-order valence-electron chi connectivity index (χ0n) is 6.35. The van der Waals surface area contributed by atoms with Crippen LogP contribution >= 0.6 is 0 Å². The lowest BCUT2D eigenvalue weighted by Crippen LogP contribution is -2.06. The van der Waals surface area contributed by atoms with Gasteiger partial charge >= 0.3 is 0 Å². The van der Waals surface area contributed by atoms with Gasteiger partial charge in [0.1, 0.15) is 0 Å². The second-order valence-corrected chi connectivity index (χ2v) is 2.06. The van der Waals surface area contributed by atoms with Crippen LogP contribution in [0, 0.1) is 0 Å². The highest BCUT2D eigenvalue weighted by molar-refractivity contribution is 5.73. The second-order valence-electron chi connectivity index (χ2n) is 2.06. The fourth-order valence-corrected chi connectivity index (χ4v) is 0. The van der Waals surface area contributed by atoms with Crippen LogP contribution in [0.25, 0.3) is 0 Å². The van der Waals surface area contributed by atoms with E-state index in [0.717, 1.165) is 0 Å². The maximum atomic E-state index is 9.59. The maximum absolute atomic E-state index is 9.59. The third-order valence-corrected chi connectivity index (χ3v) is 0.348. The minimum Gasteiger partial charge on any atom is -0.370 e. The molecule has 0 atom stereocenters. The molecule has 0 aromatic carbocycles. The molecule has 0 unspecified atom stereocenters. The van der Waals surface area contributed by atoms with E-state index in [-0.39, 0.29) is 5.91 Å². The predicted molar refractivity (Wildman–Crippen MR) is 38.8 cm³/mol. The van der Waals surface area contributed by atoms with Crippen molar-refractivity contribution in [3.8, 4) is 0 Å². The van der Waals surface area contributed by atoms with E-state index in [1.165, 1.54) is 0 Å². The quantitative estimate of drug-likeness (QED) is 0.536. The number of hydrogen-bond acceptors (Lipinski definition) is 2. The molecule has 0 heterocycles. The van der Waals surface area contributed by atoms with E-state index in [2.05, 4.69) is 5.73 Å². The summed E-state index contributed by atoms with van der Waals surface area (Å²) in [7, 11) is 0. The molecule has 0 saturated carbocycles. The summed E-state index contributed by atoms with van der Waals surface area (Å²) in [6.45, 7) is 5.61. The number of hydrogen-bond donors (Lipinski definition) is 2. The molecule has 3 heteroatoms. The fourth-order valence-electron chi connectivity index (χ4n) is 0. The molecule has 0 saturated heterocycles. The van der Waals surface area contributed by atoms with E-state index in [9.17, 15) is 4.79 Å². The molecule has 0 radical (unpaired) electrons. The minimum absolute atomic E-state index is 0.245. The Hall–Kier alpha value is -0.570. The van der Waals surface area contributed by atoms with Gasteiger partial charge in [-0.05, 0) is 6.04 Å². The summed E-state index contributed by atoms with van der Waals surface area (Å²) in [6.07, 6.45) is 0.444. The van der Waals surface area contributed by atoms with Crippen molar-refractivity contribution in [1.82, 2.24) is 0 Å². The normalized spacial score (nSPS) is 8.11. The zero-order chi connectivity index (χ0) is 7.86. The number of amides is 1. The molecule has 9 heavy (non-hydrogen) atoms. The van der Waals surface area contributed by atoms with Crippen molar-refractivity contribution in [1.29, 1.82) is 0 Å². The lowest BCUT2D eigenvalue weighted by Gasteiger charge is -1.81. The number of nitrogens with two attached hydrogens (primary N) is 2. The van der Waals surface area contributed by atoms with Crippen LogP contribution in [0.1, 0.15) is 27.2 Å². The molecule has 0 aliphatic heterocycles. The largest absolute Gasteiger partial charge is 0.370 e. The molecule has 0 aliphatic carbocycles. The van der Waals surface area contributed by atoms with Gasteiger partial charge in [0.2, 0.25) is 5.91 Å². The van der Waals surface area contributed by atoms with Gasteiger partial charge in [0.15, 0.2) is 0 Å². The average molecular weight is 132 g/mol. The van der Waals surface area contributed by atoms with Gasteiger partial charge in [-0.15, -0.1) is 0 Å². The molecule has 0 aromatic heterocycles. The van der Waals surface area contributed by atoms with Gasteiger partial charge in [-0.3, -0.25) is 4.79 Å². The number of primary amides is 1. The first-order valence-corrected chi connectivity index (χ1v) is 3.04. The Bertz CT molecular complexity index is 68.7. The van der Waals surface area contributed by atoms with Crippen LogP contribution in [0.15, 0.2) is 0 Å². The van der Waals surface area contributed by atoms with Crippen LogP contribution in [-0.2, 0) is 4.79 Å². The van der Waals surface area contributed by atoms with Gasteiger partial charge in [-0.1, -0.05) is 20.8 Å². The van der Waals surface area contributed by atoms with E-state index in [4.69, 9.17) is 5.73 Å². The zero-order valence-corrected chi connectivity index (χ0v) is 6.35. The standard InChI is InChI=1S/C3H7NO.C3H9N/c1-2-3(4)5;1-3(2)4/h2H2,1H3,(H2,4,5);3H,4H2,1-2H3. The number of rotatable bonds is 1. The number of carbonyl (C=O) groups is 1. The van der Waals surface area contributed by atoms with Crippen molar-refractivity contribution in [3.63, 3.8) is 0 Å². The SMILES string of the molecule is CC(C)N.CCC(N)=O. The fraction of sp³-hybridized carbons (Fsp3) is 0.833. The van der Waals surface area contributed by atoms with Gasteiger partial charge < -0.3 is 11.5 Å². The highest BCUT2D eigenvalue weighted by atomic mass is 16.1. The summed E-state index contributed by atoms with van der Waals surface area (Å²) in [5, 5.41) is 0. The Labute approximate surface area is 56.4 Å². The molecule has 0 bridgehead atoms. The van der Waals surface area contributed by atoms with Crippen molar-refractivity contribution in [3.05, 3.63) is 0 Å². The van der Waals surface area contributed by atoms with Gasteiger partial charge in [-0.2, -0.15) is 0 Å². The van der Waals surface area contributed by atoms with Crippen molar-refractivity contribution >= 4 is 5.91 Å². The summed E-state index contributed by atoms with van der Waals surface area (Å²) in [5.41, 5.74) is 9.76. The first kappa shape index (κ1) is 11.3. The van der Waals surface area contributed by atoms with E-state index >= 15 is 0 Å². The monoisotopic (exact) mass is 132 g/mol. The predicted octanol–water partition coefficient (Wildman–Crippen LogP) is 0.235. The molecule has 56 valence electrons. The van der Waals surface area contributed by atoms with Gasteiger partial charge in [-0.25, -0.2) is 0 Å². The maximum Gasteiger partial charge on any atom is 0.217 e. The van der Waals surface area contributed by atoms with Gasteiger partial charge in [0.05, 0.1) is 0 Å². The van der Waals surface area contributed by atoms with Crippen LogP contribution in [0.2, 0.25) is 0 Å². The van der Waals surface area contributed by atoms with E-state index in [1.807, 2.05) is 13.8 Å². The van der Waals surface area contributed by atoms with Gasteiger partial charge in [0.25, 0.3) is 0 Å². The second kappa shape index (κ2) is 7.43. The molecular formula is C6H16N2O. The van der Waals surface area contributed by atoms with Crippen LogP contribution in [-0.4, -0.2) is 11.9 Å². The van der Waals surface area contributed by atoms with Crippen molar-refractivity contribution in [2.24, 2.45) is 11.5 Å². The first-order chi connectivity index (χ1) is 4.00. The van der Waals surface area contributed by atoms with Crippen molar-refractivity contribution < 1.29 is 4.79 Å². The molecule has 4 N–H and O–H groups in total. The summed E-state index contributed by atoms with van der Waals surface area (Å²) in [5.74, 6) is -0.245. The smallest absolute Gasteiger partial charge is 0.217 e. The first-order valence-electron chi connectivity index (χ1n) is 3.04. The molecule has 1 amide bonds. The topological polar surface area (TPSA) is 69.1 Å². The number of carbonyl (C=O) groups excluding carboxylic acids is 1. The summed E-state index contributed by atoms with van der Waals surface area (Å²) in [6, 6.07) is 0.333. The average Bonchev–Trinajstić information content (AvgIpc) is 1.65. The van der Waals surface area contributed by atoms with Crippen LogP contribution in [0.4, 0.5) is 0 Å². The Morgan fingerprint density at radius 2 is 1.67 bits per heavy atom. The Kier molecular flexibility index (Phi) is 9.29. The highest BCUT2D eigenvalue weighted by Crippen LogP contribution is 1.63. The molecule has 0 spiro atoms. The summed E-state index contributed by atoms with van der Waals surface area (Å²) in [4.78, 5) is 9.59. The molecule has 0 rings (SSSR count). The Balaban J connectivity index is 0.